The van der Waals surface area contributed by atoms with Crippen molar-refractivity contribution >= 4 is 6.03 Å². The van der Waals surface area contributed by atoms with Crippen LogP contribution in [0, 0.1) is 11.8 Å². The van der Waals surface area contributed by atoms with Crippen molar-refractivity contribution in [2.75, 3.05) is 39.8 Å². The lowest BCUT2D eigenvalue weighted by atomic mass is 10.1. The number of hydrogen-bond donors (Lipinski definition) is 1. The predicted octanol–water partition coefficient (Wildman–Crippen LogP) is 1.78. The van der Waals surface area contributed by atoms with Gasteiger partial charge in [-0.1, -0.05) is 13.8 Å². The average Bonchev–Trinajstić information content (AvgIpc) is 3.22. The van der Waals surface area contributed by atoms with Gasteiger partial charge in [0, 0.05) is 32.2 Å². The summed E-state index contributed by atoms with van der Waals surface area (Å²) in [6.45, 7) is 10.4. The van der Waals surface area contributed by atoms with E-state index in [4.69, 9.17) is 4.74 Å². The van der Waals surface area contributed by atoms with Gasteiger partial charge in [-0.2, -0.15) is 0 Å². The molecule has 0 aromatic carbocycles. The maximum absolute atomic E-state index is 12.3. The van der Waals surface area contributed by atoms with Gasteiger partial charge in [-0.05, 0) is 38.6 Å². The van der Waals surface area contributed by atoms with E-state index in [1.54, 1.807) is 0 Å². The number of ether oxygens (including phenoxy) is 1. The summed E-state index contributed by atoms with van der Waals surface area (Å²) in [5.41, 5.74) is 0. The highest BCUT2D eigenvalue weighted by Gasteiger charge is 2.28. The molecule has 1 heterocycles. The molecule has 0 radical (unpaired) electrons. The first kappa shape index (κ1) is 16.6. The molecule has 1 N–H and O–H groups in total. The Morgan fingerprint density at radius 3 is 2.67 bits per heavy atom. The number of likely N-dealkylation sites (N-methyl/N-ethyl adjacent to an activating group) is 1. The number of rotatable bonds is 6. The third-order valence-electron chi connectivity index (χ3n) is 4.56. The molecule has 5 heteroatoms. The zero-order chi connectivity index (χ0) is 15.4. The van der Waals surface area contributed by atoms with Gasteiger partial charge in [0.1, 0.15) is 0 Å². The molecule has 122 valence electrons. The van der Waals surface area contributed by atoms with Crippen molar-refractivity contribution in [3.63, 3.8) is 0 Å². The van der Waals surface area contributed by atoms with E-state index in [2.05, 4.69) is 38.0 Å². The minimum atomic E-state index is 0.0503. The summed E-state index contributed by atoms with van der Waals surface area (Å²) >= 11 is 0. The number of hydrogen-bond acceptors (Lipinski definition) is 3. The molecule has 0 bridgehead atoms. The molecule has 2 amide bonds. The molecule has 1 saturated heterocycles. The van der Waals surface area contributed by atoms with Crippen LogP contribution in [0.1, 0.15) is 33.6 Å². The maximum Gasteiger partial charge on any atom is 0.317 e. The van der Waals surface area contributed by atoms with Gasteiger partial charge in [0.25, 0.3) is 0 Å². The van der Waals surface area contributed by atoms with E-state index in [-0.39, 0.29) is 18.2 Å². The number of nitrogens with zero attached hydrogens (tertiary/aromatic N) is 2. The van der Waals surface area contributed by atoms with E-state index in [0.29, 0.717) is 25.6 Å². The molecule has 0 aromatic heterocycles. The van der Waals surface area contributed by atoms with E-state index in [9.17, 15) is 4.79 Å². The highest BCUT2D eigenvalue weighted by atomic mass is 16.5. The number of carbonyl (C=O) groups excluding carboxylic acids is 1. The monoisotopic (exact) mass is 297 g/mol. The predicted molar refractivity (Wildman–Crippen MR) is 84.4 cm³/mol. The second kappa shape index (κ2) is 7.45. The Hall–Kier alpha value is -0.810. The summed E-state index contributed by atoms with van der Waals surface area (Å²) in [7, 11) is 2.15. The third kappa shape index (κ3) is 5.47. The Morgan fingerprint density at radius 1 is 1.33 bits per heavy atom. The van der Waals surface area contributed by atoms with E-state index in [1.807, 2.05) is 4.90 Å². The molecule has 0 spiro atoms. The topological polar surface area (TPSA) is 44.8 Å². The Bertz CT molecular complexity index is 344. The molecule has 0 unspecified atom stereocenters. The summed E-state index contributed by atoms with van der Waals surface area (Å²) in [4.78, 5) is 16.5. The first-order valence-corrected chi connectivity index (χ1v) is 8.31. The van der Waals surface area contributed by atoms with Crippen molar-refractivity contribution in [1.82, 2.24) is 15.1 Å². The van der Waals surface area contributed by atoms with E-state index in [0.717, 1.165) is 19.0 Å². The molecule has 1 aliphatic carbocycles. The van der Waals surface area contributed by atoms with Gasteiger partial charge in [-0.3, -0.25) is 0 Å². The molecule has 2 atom stereocenters. The largest absolute Gasteiger partial charge is 0.373 e. The molecular weight excluding hydrogens is 266 g/mol. The molecule has 2 fully saturated rings. The number of urea groups is 1. The van der Waals surface area contributed by atoms with E-state index < -0.39 is 0 Å². The molecule has 2 rings (SSSR count). The quantitative estimate of drug-likeness (QED) is 0.813. The fraction of sp³-hybridized carbons (Fsp3) is 0.938. The van der Waals surface area contributed by atoms with Gasteiger partial charge < -0.3 is 19.9 Å². The number of carbonyl (C=O) groups is 1. The molecule has 0 aromatic rings. The van der Waals surface area contributed by atoms with Crippen LogP contribution in [0.3, 0.4) is 0 Å². The first-order valence-electron chi connectivity index (χ1n) is 8.31. The highest BCUT2D eigenvalue weighted by Crippen LogP contribution is 2.29. The zero-order valence-corrected chi connectivity index (χ0v) is 14.0. The van der Waals surface area contributed by atoms with Crippen molar-refractivity contribution < 1.29 is 9.53 Å². The Balaban J connectivity index is 1.75. The minimum Gasteiger partial charge on any atom is -0.373 e. The molecule has 1 saturated carbocycles. The lowest BCUT2D eigenvalue weighted by Gasteiger charge is -2.35. The summed E-state index contributed by atoms with van der Waals surface area (Å²) in [5.74, 6) is 1.35. The van der Waals surface area contributed by atoms with Gasteiger partial charge >= 0.3 is 6.03 Å². The molecule has 21 heavy (non-hydrogen) atoms. The average molecular weight is 297 g/mol. The van der Waals surface area contributed by atoms with Crippen LogP contribution in [-0.2, 0) is 4.74 Å². The van der Waals surface area contributed by atoms with Crippen molar-refractivity contribution in [2.24, 2.45) is 11.8 Å². The smallest absolute Gasteiger partial charge is 0.317 e. The summed E-state index contributed by atoms with van der Waals surface area (Å²) in [6.07, 6.45) is 2.89. The van der Waals surface area contributed by atoms with Gasteiger partial charge in [0.15, 0.2) is 0 Å². The van der Waals surface area contributed by atoms with Crippen molar-refractivity contribution in [1.29, 1.82) is 0 Å². The Labute approximate surface area is 129 Å². The van der Waals surface area contributed by atoms with Crippen molar-refractivity contribution in [3.8, 4) is 0 Å². The zero-order valence-electron chi connectivity index (χ0n) is 14.0. The van der Waals surface area contributed by atoms with Crippen LogP contribution in [0.15, 0.2) is 0 Å². The van der Waals surface area contributed by atoms with Crippen molar-refractivity contribution in [2.45, 2.75) is 45.8 Å². The second-order valence-corrected chi connectivity index (χ2v) is 7.09. The van der Waals surface area contributed by atoms with Crippen LogP contribution in [-0.4, -0.2) is 67.8 Å². The van der Waals surface area contributed by atoms with E-state index >= 15 is 0 Å². The second-order valence-electron chi connectivity index (χ2n) is 7.09. The number of nitrogens with one attached hydrogen (secondary N) is 1. The van der Waals surface area contributed by atoms with Gasteiger partial charge in [0.05, 0.1) is 12.7 Å². The van der Waals surface area contributed by atoms with Crippen molar-refractivity contribution in [3.05, 3.63) is 0 Å². The van der Waals surface area contributed by atoms with Crippen LogP contribution in [0.4, 0.5) is 4.79 Å². The third-order valence-corrected chi connectivity index (χ3v) is 4.56. The van der Waals surface area contributed by atoms with Crippen LogP contribution in [0.2, 0.25) is 0 Å². The highest BCUT2D eigenvalue weighted by molar-refractivity contribution is 5.74. The van der Waals surface area contributed by atoms with Crippen LogP contribution in [0.25, 0.3) is 0 Å². The Morgan fingerprint density at radius 2 is 2.05 bits per heavy atom. The van der Waals surface area contributed by atoms with Gasteiger partial charge in [0.2, 0.25) is 0 Å². The number of amides is 2. The Kier molecular flexibility index (Phi) is 5.88. The summed E-state index contributed by atoms with van der Waals surface area (Å²) < 4.78 is 5.82. The summed E-state index contributed by atoms with van der Waals surface area (Å²) in [5, 5.41) is 3.08. The van der Waals surface area contributed by atoms with Gasteiger partial charge in [-0.15, -0.1) is 0 Å². The molecule has 5 nitrogen and oxygen atoms in total. The normalized spacial score (nSPS) is 24.5. The van der Waals surface area contributed by atoms with Crippen LogP contribution < -0.4 is 5.32 Å². The lowest BCUT2D eigenvalue weighted by Crippen LogP contribution is -2.54. The first-order chi connectivity index (χ1) is 9.95. The van der Waals surface area contributed by atoms with E-state index in [1.165, 1.54) is 12.8 Å². The standard InChI is InChI=1S/C16H31N3O2/c1-12(2)13(3)17-16(20)19-7-8-21-15(11-19)10-18(4)9-14-5-6-14/h12-15H,5-11H2,1-4H3,(H,17,20)/t13-,15+/m0/s1. The minimum absolute atomic E-state index is 0.0503. The number of morpholine rings is 1. The SMILES string of the molecule is CC(C)[C@H](C)NC(=O)N1CCO[C@H](CN(C)CC2CC2)C1. The maximum atomic E-state index is 12.3. The molecule has 1 aliphatic heterocycles. The van der Waals surface area contributed by atoms with Crippen LogP contribution >= 0.6 is 0 Å². The molecular formula is C16H31N3O2. The molecule has 2 aliphatic rings. The fourth-order valence-corrected chi connectivity index (χ4v) is 2.63. The van der Waals surface area contributed by atoms with Gasteiger partial charge in [-0.25, -0.2) is 4.79 Å². The fourth-order valence-electron chi connectivity index (χ4n) is 2.63. The van der Waals surface area contributed by atoms with Crippen LogP contribution in [0.5, 0.6) is 0 Å². The lowest BCUT2D eigenvalue weighted by molar-refractivity contribution is -0.0281. The summed E-state index contributed by atoms with van der Waals surface area (Å²) in [6, 6.07) is 0.255.